The van der Waals surface area contributed by atoms with Crippen molar-refractivity contribution in [2.24, 2.45) is 10.9 Å². The van der Waals surface area contributed by atoms with Crippen LogP contribution in [0.5, 0.6) is 0 Å². The minimum atomic E-state index is 0. The van der Waals surface area contributed by atoms with Crippen molar-refractivity contribution in [3.05, 3.63) is 30.3 Å². The Morgan fingerprint density at radius 3 is 2.73 bits per heavy atom. The summed E-state index contributed by atoms with van der Waals surface area (Å²) in [7, 11) is 4.02. The summed E-state index contributed by atoms with van der Waals surface area (Å²) in [5.74, 6) is 2.70. The number of nitrogens with one attached hydrogen (secondary N) is 2. The van der Waals surface area contributed by atoms with Gasteiger partial charge in [0.25, 0.3) is 0 Å². The zero-order chi connectivity index (χ0) is 14.9. The Bertz CT molecular complexity index is 441. The minimum absolute atomic E-state index is 0. The molecule has 0 bridgehead atoms. The summed E-state index contributed by atoms with van der Waals surface area (Å²) in [6, 6.07) is 10.5. The molecule has 0 radical (unpaired) electrons. The maximum absolute atomic E-state index is 4.28. The molecule has 1 heterocycles. The number of rotatable bonds is 6. The molecule has 0 saturated carbocycles. The largest absolute Gasteiger partial charge is 0.356 e. The molecule has 6 heteroatoms. The molecule has 0 amide bonds. The fourth-order valence-corrected chi connectivity index (χ4v) is 3.30. The van der Waals surface area contributed by atoms with E-state index in [-0.39, 0.29) is 24.0 Å². The molecule has 1 saturated heterocycles. The highest BCUT2D eigenvalue weighted by atomic mass is 127. The standard InChI is InChI=1S/C16H26N4S.HI/c1-17-16(19-12-14-8-10-20(2)13-14)18-9-11-21-15-6-4-3-5-7-15;/h3-7,14H,8-13H2,1-2H3,(H2,17,18,19);1H. The lowest BCUT2D eigenvalue weighted by molar-refractivity contribution is 0.394. The van der Waals surface area contributed by atoms with Crippen LogP contribution < -0.4 is 10.6 Å². The van der Waals surface area contributed by atoms with Crippen LogP contribution in [0, 0.1) is 5.92 Å². The first kappa shape index (κ1) is 19.6. The molecule has 0 spiro atoms. The predicted molar refractivity (Wildman–Crippen MR) is 108 cm³/mol. The van der Waals surface area contributed by atoms with Crippen molar-refractivity contribution in [1.82, 2.24) is 15.5 Å². The normalized spacial score (nSPS) is 18.8. The van der Waals surface area contributed by atoms with Crippen molar-refractivity contribution >= 4 is 41.7 Å². The highest BCUT2D eigenvalue weighted by molar-refractivity contribution is 14.0. The van der Waals surface area contributed by atoms with Gasteiger partial charge < -0.3 is 15.5 Å². The molecule has 1 fully saturated rings. The number of aliphatic imine (C=N–C) groups is 1. The lowest BCUT2D eigenvalue weighted by atomic mass is 10.1. The van der Waals surface area contributed by atoms with E-state index in [9.17, 15) is 0 Å². The summed E-state index contributed by atoms with van der Waals surface area (Å²) < 4.78 is 0. The summed E-state index contributed by atoms with van der Waals surface area (Å²) in [4.78, 5) is 7.99. The van der Waals surface area contributed by atoms with Crippen LogP contribution in [-0.2, 0) is 0 Å². The molecule has 0 aromatic heterocycles. The van der Waals surface area contributed by atoms with E-state index in [1.165, 1.54) is 24.4 Å². The fourth-order valence-electron chi connectivity index (χ4n) is 2.51. The van der Waals surface area contributed by atoms with Gasteiger partial charge in [-0.2, -0.15) is 0 Å². The van der Waals surface area contributed by atoms with E-state index in [4.69, 9.17) is 0 Å². The average molecular weight is 434 g/mol. The average Bonchev–Trinajstić information content (AvgIpc) is 2.93. The van der Waals surface area contributed by atoms with Crippen LogP contribution in [0.3, 0.4) is 0 Å². The topological polar surface area (TPSA) is 39.7 Å². The number of guanidine groups is 1. The summed E-state index contributed by atoms with van der Waals surface area (Å²) in [5, 5.41) is 6.81. The molecule has 22 heavy (non-hydrogen) atoms. The number of benzene rings is 1. The molecule has 0 aliphatic carbocycles. The van der Waals surface area contributed by atoms with Crippen LogP contribution in [0.1, 0.15) is 6.42 Å². The SMILES string of the molecule is CN=C(NCCSc1ccccc1)NCC1CCN(C)C1.I. The van der Waals surface area contributed by atoms with Gasteiger partial charge in [0.15, 0.2) is 5.96 Å². The van der Waals surface area contributed by atoms with Gasteiger partial charge in [0.2, 0.25) is 0 Å². The van der Waals surface area contributed by atoms with Crippen LogP contribution in [-0.4, -0.2) is 56.9 Å². The monoisotopic (exact) mass is 434 g/mol. The Hall–Kier alpha value is -0.470. The van der Waals surface area contributed by atoms with Gasteiger partial charge >= 0.3 is 0 Å². The van der Waals surface area contributed by atoms with Gasteiger partial charge in [0.05, 0.1) is 0 Å². The number of thioether (sulfide) groups is 1. The first-order valence-electron chi connectivity index (χ1n) is 7.59. The van der Waals surface area contributed by atoms with Gasteiger partial charge in [-0.15, -0.1) is 35.7 Å². The van der Waals surface area contributed by atoms with E-state index in [2.05, 4.69) is 57.9 Å². The van der Waals surface area contributed by atoms with E-state index in [0.29, 0.717) is 0 Å². The molecule has 1 aromatic rings. The van der Waals surface area contributed by atoms with Crippen LogP contribution in [0.2, 0.25) is 0 Å². The number of hydrogen-bond acceptors (Lipinski definition) is 3. The van der Waals surface area contributed by atoms with Gasteiger partial charge in [-0.05, 0) is 38.1 Å². The second-order valence-corrected chi connectivity index (χ2v) is 6.63. The zero-order valence-electron chi connectivity index (χ0n) is 13.4. The third-order valence-corrected chi connectivity index (χ3v) is 4.69. The van der Waals surface area contributed by atoms with Gasteiger partial charge in [-0.3, -0.25) is 4.99 Å². The van der Waals surface area contributed by atoms with E-state index < -0.39 is 0 Å². The van der Waals surface area contributed by atoms with E-state index in [1.807, 2.05) is 18.8 Å². The summed E-state index contributed by atoms with van der Waals surface area (Å²) >= 11 is 1.86. The highest BCUT2D eigenvalue weighted by Crippen LogP contribution is 2.15. The Morgan fingerprint density at radius 2 is 2.09 bits per heavy atom. The van der Waals surface area contributed by atoms with Gasteiger partial charge in [0.1, 0.15) is 0 Å². The highest BCUT2D eigenvalue weighted by Gasteiger charge is 2.19. The Kier molecular flexibility index (Phi) is 9.90. The quantitative estimate of drug-likeness (QED) is 0.237. The molecule has 4 nitrogen and oxygen atoms in total. The van der Waals surface area contributed by atoms with Crippen molar-refractivity contribution in [1.29, 1.82) is 0 Å². The molecule has 2 N–H and O–H groups in total. The van der Waals surface area contributed by atoms with Crippen molar-refractivity contribution in [3.63, 3.8) is 0 Å². The molecular formula is C16H27IN4S. The lowest BCUT2D eigenvalue weighted by Gasteiger charge is -2.15. The van der Waals surface area contributed by atoms with Crippen molar-refractivity contribution < 1.29 is 0 Å². The van der Waals surface area contributed by atoms with Crippen LogP contribution in [0.25, 0.3) is 0 Å². The van der Waals surface area contributed by atoms with E-state index in [1.54, 1.807) is 0 Å². The second-order valence-electron chi connectivity index (χ2n) is 5.46. The first-order chi connectivity index (χ1) is 10.3. The third-order valence-electron chi connectivity index (χ3n) is 3.68. The number of halogens is 1. The maximum atomic E-state index is 4.28. The molecule has 1 aliphatic heterocycles. The molecular weight excluding hydrogens is 407 g/mol. The third kappa shape index (κ3) is 7.19. The van der Waals surface area contributed by atoms with Crippen molar-refractivity contribution in [2.45, 2.75) is 11.3 Å². The van der Waals surface area contributed by atoms with Crippen LogP contribution >= 0.6 is 35.7 Å². The molecule has 1 aromatic carbocycles. The number of nitrogens with zero attached hydrogens (tertiary/aromatic N) is 2. The van der Waals surface area contributed by atoms with Gasteiger partial charge in [-0.1, -0.05) is 18.2 Å². The number of hydrogen-bond donors (Lipinski definition) is 2. The van der Waals surface area contributed by atoms with Crippen molar-refractivity contribution in [3.8, 4) is 0 Å². The first-order valence-corrected chi connectivity index (χ1v) is 8.57. The smallest absolute Gasteiger partial charge is 0.191 e. The molecule has 1 atom stereocenters. The van der Waals surface area contributed by atoms with Gasteiger partial charge in [-0.25, -0.2) is 0 Å². The van der Waals surface area contributed by atoms with Crippen molar-refractivity contribution in [2.75, 3.05) is 46.0 Å². The number of likely N-dealkylation sites (tertiary alicyclic amines) is 1. The fraction of sp³-hybridized carbons (Fsp3) is 0.562. The summed E-state index contributed by atoms with van der Waals surface area (Å²) in [5.41, 5.74) is 0. The molecule has 2 rings (SSSR count). The maximum Gasteiger partial charge on any atom is 0.191 e. The predicted octanol–water partition coefficient (Wildman–Crippen LogP) is 2.51. The Balaban J connectivity index is 0.00000242. The van der Waals surface area contributed by atoms with E-state index in [0.717, 1.165) is 30.7 Å². The second kappa shape index (κ2) is 11.1. The minimum Gasteiger partial charge on any atom is -0.356 e. The molecule has 1 unspecified atom stereocenters. The van der Waals surface area contributed by atoms with Gasteiger partial charge in [0, 0.05) is 37.3 Å². The van der Waals surface area contributed by atoms with Crippen LogP contribution in [0.15, 0.2) is 40.2 Å². The summed E-state index contributed by atoms with van der Waals surface area (Å²) in [6.07, 6.45) is 1.28. The Labute approximate surface area is 155 Å². The lowest BCUT2D eigenvalue weighted by Crippen LogP contribution is -2.41. The zero-order valence-corrected chi connectivity index (χ0v) is 16.6. The Morgan fingerprint density at radius 1 is 1.32 bits per heavy atom. The molecule has 124 valence electrons. The van der Waals surface area contributed by atoms with Crippen LogP contribution in [0.4, 0.5) is 0 Å². The van der Waals surface area contributed by atoms with E-state index >= 15 is 0 Å². The molecule has 1 aliphatic rings. The summed E-state index contributed by atoms with van der Waals surface area (Å²) in [6.45, 7) is 4.33.